The molecule has 2 N–H and O–H groups in total. The van der Waals surface area contributed by atoms with Crippen LogP contribution in [0.15, 0.2) is 42.5 Å². The average Bonchev–Trinajstić information content (AvgIpc) is 2.96. The van der Waals surface area contributed by atoms with Crippen LogP contribution in [0.3, 0.4) is 0 Å². The summed E-state index contributed by atoms with van der Waals surface area (Å²) in [6.45, 7) is 4.08. The standard InChI is InChI=1S/C19H19N3O2/c1-11-4-6-15-14(8-11)16-9-12(2)21-22(16)19(20-15)13-5-7-17(23)18(10-13)24-3/h4-10,19-20,23H,1-3H3/t19-/m1/s1. The SMILES string of the molecule is COc1cc([C@@H]2Nc3ccc(C)cc3-c3cc(C)nn32)ccc1O. The van der Waals surface area contributed by atoms with Crippen molar-refractivity contribution in [3.63, 3.8) is 0 Å². The molecule has 0 saturated heterocycles. The maximum absolute atomic E-state index is 9.85. The lowest BCUT2D eigenvalue weighted by Crippen LogP contribution is -2.25. The second-order valence-corrected chi connectivity index (χ2v) is 6.14. The van der Waals surface area contributed by atoms with Gasteiger partial charge in [0.2, 0.25) is 0 Å². The highest BCUT2D eigenvalue weighted by molar-refractivity contribution is 5.79. The van der Waals surface area contributed by atoms with Crippen molar-refractivity contribution in [3.8, 4) is 22.8 Å². The minimum absolute atomic E-state index is 0.130. The van der Waals surface area contributed by atoms with Gasteiger partial charge >= 0.3 is 0 Å². The smallest absolute Gasteiger partial charge is 0.160 e. The summed E-state index contributed by atoms with van der Waals surface area (Å²) in [5.41, 5.74) is 6.47. The second kappa shape index (κ2) is 5.30. The van der Waals surface area contributed by atoms with Gasteiger partial charge in [0.05, 0.1) is 18.5 Å². The highest BCUT2D eigenvalue weighted by Crippen LogP contribution is 2.40. The molecule has 1 aromatic heterocycles. The largest absolute Gasteiger partial charge is 0.504 e. The number of hydrogen-bond acceptors (Lipinski definition) is 4. The molecule has 1 atom stereocenters. The number of nitrogens with one attached hydrogen (secondary N) is 1. The predicted octanol–water partition coefficient (Wildman–Crippen LogP) is 3.85. The van der Waals surface area contributed by atoms with E-state index in [0.29, 0.717) is 5.75 Å². The number of benzene rings is 2. The van der Waals surface area contributed by atoms with Gasteiger partial charge in [0.15, 0.2) is 11.5 Å². The molecule has 2 aromatic carbocycles. The minimum Gasteiger partial charge on any atom is -0.504 e. The molecule has 0 bridgehead atoms. The van der Waals surface area contributed by atoms with Gasteiger partial charge in [-0.2, -0.15) is 5.10 Å². The Bertz CT molecular complexity index is 930. The van der Waals surface area contributed by atoms with E-state index in [1.54, 1.807) is 13.2 Å². The molecule has 0 aliphatic carbocycles. The van der Waals surface area contributed by atoms with Crippen LogP contribution >= 0.6 is 0 Å². The number of aromatic nitrogens is 2. The Morgan fingerprint density at radius 2 is 1.96 bits per heavy atom. The Morgan fingerprint density at radius 3 is 2.75 bits per heavy atom. The van der Waals surface area contributed by atoms with Gasteiger partial charge < -0.3 is 15.2 Å². The highest BCUT2D eigenvalue weighted by atomic mass is 16.5. The molecule has 0 spiro atoms. The van der Waals surface area contributed by atoms with Crippen LogP contribution in [0.1, 0.15) is 23.0 Å². The van der Waals surface area contributed by atoms with Crippen molar-refractivity contribution in [2.45, 2.75) is 20.0 Å². The van der Waals surface area contributed by atoms with E-state index in [1.807, 2.05) is 23.7 Å². The van der Waals surface area contributed by atoms with Crippen molar-refractivity contribution in [2.24, 2.45) is 0 Å². The van der Waals surface area contributed by atoms with Crippen molar-refractivity contribution < 1.29 is 9.84 Å². The summed E-state index contributed by atoms with van der Waals surface area (Å²) < 4.78 is 7.24. The number of methoxy groups -OCH3 is 1. The van der Waals surface area contributed by atoms with Crippen molar-refractivity contribution in [3.05, 3.63) is 59.3 Å². The van der Waals surface area contributed by atoms with Crippen molar-refractivity contribution >= 4 is 5.69 Å². The van der Waals surface area contributed by atoms with Gasteiger partial charge in [-0.15, -0.1) is 0 Å². The van der Waals surface area contributed by atoms with Gasteiger partial charge in [0, 0.05) is 16.8 Å². The maximum atomic E-state index is 9.85. The van der Waals surface area contributed by atoms with E-state index in [9.17, 15) is 5.11 Å². The van der Waals surface area contributed by atoms with Crippen LogP contribution < -0.4 is 10.1 Å². The Morgan fingerprint density at radius 1 is 1.12 bits per heavy atom. The molecule has 0 fully saturated rings. The quantitative estimate of drug-likeness (QED) is 0.752. The van der Waals surface area contributed by atoms with Gasteiger partial charge in [-0.3, -0.25) is 0 Å². The zero-order valence-electron chi connectivity index (χ0n) is 13.9. The third kappa shape index (κ3) is 2.21. The summed E-state index contributed by atoms with van der Waals surface area (Å²) in [5.74, 6) is 0.583. The van der Waals surface area contributed by atoms with Crippen molar-refractivity contribution in [1.29, 1.82) is 0 Å². The van der Waals surface area contributed by atoms with Gasteiger partial charge in [0.25, 0.3) is 0 Å². The monoisotopic (exact) mass is 321 g/mol. The summed E-state index contributed by atoms with van der Waals surface area (Å²) in [4.78, 5) is 0. The summed E-state index contributed by atoms with van der Waals surface area (Å²) in [6, 6.07) is 13.8. The molecule has 2 heterocycles. The topological polar surface area (TPSA) is 59.3 Å². The lowest BCUT2D eigenvalue weighted by molar-refractivity contribution is 0.372. The van der Waals surface area contributed by atoms with Gasteiger partial charge in [-0.25, -0.2) is 4.68 Å². The van der Waals surface area contributed by atoms with Gasteiger partial charge in [0.1, 0.15) is 6.17 Å². The zero-order valence-corrected chi connectivity index (χ0v) is 13.9. The van der Waals surface area contributed by atoms with E-state index < -0.39 is 0 Å². The van der Waals surface area contributed by atoms with Crippen LogP contribution in [0.4, 0.5) is 5.69 Å². The molecule has 1 aliphatic rings. The number of phenols is 1. The number of anilines is 1. The van der Waals surface area contributed by atoms with Crippen LogP contribution in [-0.2, 0) is 0 Å². The molecular weight excluding hydrogens is 302 g/mol. The first-order chi connectivity index (χ1) is 11.6. The number of hydrogen-bond donors (Lipinski definition) is 2. The van der Waals surface area contributed by atoms with E-state index >= 15 is 0 Å². The summed E-state index contributed by atoms with van der Waals surface area (Å²) in [5, 5.41) is 18.1. The zero-order chi connectivity index (χ0) is 16.8. The molecule has 122 valence electrons. The number of phenolic OH excluding ortho intramolecular Hbond substituents is 1. The van der Waals surface area contributed by atoms with E-state index in [1.165, 1.54) is 5.56 Å². The fourth-order valence-corrected chi connectivity index (χ4v) is 3.21. The van der Waals surface area contributed by atoms with Crippen molar-refractivity contribution in [2.75, 3.05) is 12.4 Å². The Kier molecular flexibility index (Phi) is 3.23. The maximum Gasteiger partial charge on any atom is 0.160 e. The van der Waals surface area contributed by atoms with Crippen LogP contribution in [-0.4, -0.2) is 22.0 Å². The molecule has 5 heteroatoms. The molecule has 0 amide bonds. The Hall–Kier alpha value is -2.95. The number of nitrogens with zero attached hydrogens (tertiary/aromatic N) is 2. The molecule has 0 radical (unpaired) electrons. The first kappa shape index (κ1) is 14.6. The fourth-order valence-electron chi connectivity index (χ4n) is 3.21. The summed E-state index contributed by atoms with van der Waals surface area (Å²) in [7, 11) is 1.55. The Labute approximate surface area is 140 Å². The first-order valence-corrected chi connectivity index (χ1v) is 7.87. The minimum atomic E-state index is -0.154. The molecule has 24 heavy (non-hydrogen) atoms. The number of fused-ring (bicyclic) bond motifs is 3. The van der Waals surface area contributed by atoms with Crippen molar-refractivity contribution in [1.82, 2.24) is 9.78 Å². The predicted molar refractivity (Wildman–Crippen MR) is 93.6 cm³/mol. The number of ether oxygens (including phenoxy) is 1. The molecule has 1 aliphatic heterocycles. The van der Waals surface area contributed by atoms with Gasteiger partial charge in [-0.1, -0.05) is 17.7 Å². The Balaban J connectivity index is 1.88. The first-order valence-electron chi connectivity index (χ1n) is 7.87. The second-order valence-electron chi connectivity index (χ2n) is 6.14. The molecule has 0 saturated carbocycles. The van der Waals surface area contributed by atoms with Crippen LogP contribution in [0, 0.1) is 13.8 Å². The third-order valence-corrected chi connectivity index (χ3v) is 4.37. The van der Waals surface area contributed by atoms with Gasteiger partial charge in [-0.05, 0) is 44.2 Å². The summed E-state index contributed by atoms with van der Waals surface area (Å²) in [6.07, 6.45) is -0.154. The lowest BCUT2D eigenvalue weighted by atomic mass is 10.0. The number of rotatable bonds is 2. The molecular formula is C19H19N3O2. The fraction of sp³-hybridized carbons (Fsp3) is 0.211. The van der Waals surface area contributed by atoms with Crippen LogP contribution in [0.5, 0.6) is 11.5 Å². The number of aryl methyl sites for hydroxylation is 2. The molecule has 4 rings (SSSR count). The normalized spacial score (nSPS) is 15.4. The van der Waals surface area contributed by atoms with E-state index in [2.05, 4.69) is 41.6 Å². The molecule has 5 nitrogen and oxygen atoms in total. The average molecular weight is 321 g/mol. The molecule has 0 unspecified atom stereocenters. The third-order valence-electron chi connectivity index (χ3n) is 4.37. The summed E-state index contributed by atoms with van der Waals surface area (Å²) >= 11 is 0. The molecule has 3 aromatic rings. The lowest BCUT2D eigenvalue weighted by Gasteiger charge is -2.29. The number of aromatic hydroxyl groups is 1. The van der Waals surface area contributed by atoms with Crippen LogP contribution in [0.25, 0.3) is 11.3 Å². The van der Waals surface area contributed by atoms with E-state index in [4.69, 9.17) is 4.74 Å². The van der Waals surface area contributed by atoms with E-state index in [0.717, 1.165) is 28.2 Å². The highest BCUT2D eigenvalue weighted by Gasteiger charge is 2.27. The van der Waals surface area contributed by atoms with Crippen LogP contribution in [0.2, 0.25) is 0 Å². The van der Waals surface area contributed by atoms with E-state index in [-0.39, 0.29) is 11.9 Å².